The molecule has 1 saturated carbocycles. The van der Waals surface area contributed by atoms with Crippen LogP contribution >= 0.6 is 0 Å². The van der Waals surface area contributed by atoms with Crippen LogP contribution < -0.4 is 0 Å². The van der Waals surface area contributed by atoms with Gasteiger partial charge < -0.3 is 9.80 Å². The minimum Gasteiger partial charge on any atom is -0.329 e. The van der Waals surface area contributed by atoms with Crippen LogP contribution in [-0.4, -0.2) is 46.8 Å². The number of carbonyl (C=O) groups excluding carboxylic acids is 2. The molecule has 0 aromatic heterocycles. The Morgan fingerprint density at radius 1 is 1.25 bits per heavy atom. The summed E-state index contributed by atoms with van der Waals surface area (Å²) < 4.78 is 0. The molecular formula is C12H18N2O2. The van der Waals surface area contributed by atoms with E-state index in [9.17, 15) is 9.59 Å². The van der Waals surface area contributed by atoms with Gasteiger partial charge in [-0.2, -0.15) is 0 Å². The minimum absolute atomic E-state index is 0.141. The zero-order valence-electron chi connectivity index (χ0n) is 9.90. The molecule has 16 heavy (non-hydrogen) atoms. The molecule has 4 heteroatoms. The lowest BCUT2D eigenvalue weighted by atomic mass is 10.1. The van der Waals surface area contributed by atoms with Crippen LogP contribution in [0.2, 0.25) is 0 Å². The summed E-state index contributed by atoms with van der Waals surface area (Å²) in [5, 5.41) is 0. The van der Waals surface area contributed by atoms with Gasteiger partial charge in [0.1, 0.15) is 12.6 Å². The van der Waals surface area contributed by atoms with Crippen LogP contribution in [0.15, 0.2) is 0 Å². The first-order valence-electron chi connectivity index (χ1n) is 6.11. The molecule has 0 spiro atoms. The molecule has 0 aromatic carbocycles. The lowest BCUT2D eigenvalue weighted by Gasteiger charge is -2.37. The lowest BCUT2D eigenvalue weighted by molar-refractivity contribution is -0.154. The van der Waals surface area contributed by atoms with Crippen LogP contribution in [0.5, 0.6) is 0 Å². The smallest absolute Gasteiger partial charge is 0.246 e. The molecule has 0 bridgehead atoms. The van der Waals surface area contributed by atoms with E-state index in [2.05, 4.69) is 13.8 Å². The Labute approximate surface area is 95.6 Å². The molecule has 0 N–H and O–H groups in total. The molecule has 2 unspecified atom stereocenters. The predicted molar refractivity (Wildman–Crippen MR) is 58.6 cm³/mol. The Kier molecular flexibility index (Phi) is 1.89. The van der Waals surface area contributed by atoms with Gasteiger partial charge in [-0.3, -0.25) is 9.59 Å². The number of fused-ring (bicyclic) bond motifs is 1. The fraction of sp³-hybridized carbons (Fsp3) is 0.833. The van der Waals surface area contributed by atoms with Gasteiger partial charge in [-0.15, -0.1) is 0 Å². The molecule has 3 aliphatic rings. The van der Waals surface area contributed by atoms with E-state index >= 15 is 0 Å². The topological polar surface area (TPSA) is 40.6 Å². The predicted octanol–water partition coefficient (Wildman–Crippen LogP) is 0.618. The van der Waals surface area contributed by atoms with Gasteiger partial charge in [0, 0.05) is 12.6 Å². The minimum atomic E-state index is -0.141. The van der Waals surface area contributed by atoms with Crippen LogP contribution in [0.1, 0.15) is 33.1 Å². The van der Waals surface area contributed by atoms with Gasteiger partial charge in [0.25, 0.3) is 0 Å². The maximum Gasteiger partial charge on any atom is 0.246 e. The second-order valence-electron chi connectivity index (χ2n) is 5.92. The third kappa shape index (κ3) is 1.28. The van der Waals surface area contributed by atoms with E-state index in [1.54, 1.807) is 4.90 Å². The first-order valence-corrected chi connectivity index (χ1v) is 6.11. The van der Waals surface area contributed by atoms with Crippen molar-refractivity contribution >= 4 is 11.8 Å². The Bertz CT molecular complexity index is 364. The fourth-order valence-electron chi connectivity index (χ4n) is 3.06. The monoisotopic (exact) mass is 222 g/mol. The van der Waals surface area contributed by atoms with E-state index in [4.69, 9.17) is 0 Å². The van der Waals surface area contributed by atoms with Crippen molar-refractivity contribution in [1.82, 2.24) is 9.80 Å². The van der Waals surface area contributed by atoms with Gasteiger partial charge in [-0.25, -0.2) is 0 Å². The fourth-order valence-corrected chi connectivity index (χ4v) is 3.06. The van der Waals surface area contributed by atoms with Gasteiger partial charge in [0.15, 0.2) is 0 Å². The van der Waals surface area contributed by atoms with E-state index in [0.717, 1.165) is 25.8 Å². The zero-order chi connectivity index (χ0) is 11.5. The number of piperazine rings is 1. The third-order valence-corrected chi connectivity index (χ3v) is 4.28. The Balaban J connectivity index is 1.82. The molecule has 2 aliphatic heterocycles. The van der Waals surface area contributed by atoms with E-state index in [1.165, 1.54) is 0 Å². The molecule has 3 rings (SSSR count). The standard InChI is InChI=1S/C12H18N2O2/c1-12(2)6-9(12)14-7-10(15)13-5-3-4-8(13)11(14)16/h8-9H,3-7H2,1-2H3. The summed E-state index contributed by atoms with van der Waals surface area (Å²) in [6, 6.07) is 0.157. The number of carbonyl (C=O) groups is 2. The summed E-state index contributed by atoms with van der Waals surface area (Å²) in [5.41, 5.74) is 0.219. The normalized spacial score (nSPS) is 36.6. The van der Waals surface area contributed by atoms with E-state index in [0.29, 0.717) is 12.6 Å². The Hall–Kier alpha value is -1.06. The summed E-state index contributed by atoms with van der Waals surface area (Å²) in [6.45, 7) is 5.41. The lowest BCUT2D eigenvalue weighted by Crippen LogP contribution is -2.58. The average molecular weight is 222 g/mol. The van der Waals surface area contributed by atoms with E-state index in [1.807, 2.05) is 4.90 Å². The average Bonchev–Trinajstić information content (AvgIpc) is 2.67. The summed E-state index contributed by atoms with van der Waals surface area (Å²) in [6.07, 6.45) is 2.87. The summed E-state index contributed by atoms with van der Waals surface area (Å²) in [7, 11) is 0. The third-order valence-electron chi connectivity index (χ3n) is 4.28. The molecule has 3 fully saturated rings. The summed E-state index contributed by atoms with van der Waals surface area (Å²) >= 11 is 0. The van der Waals surface area contributed by atoms with Crippen LogP contribution in [0.25, 0.3) is 0 Å². The molecule has 2 saturated heterocycles. The molecule has 88 valence electrons. The van der Waals surface area contributed by atoms with Crippen molar-refractivity contribution < 1.29 is 9.59 Å². The molecule has 0 aromatic rings. The number of rotatable bonds is 1. The summed E-state index contributed by atoms with van der Waals surface area (Å²) in [5.74, 6) is 0.331. The van der Waals surface area contributed by atoms with Gasteiger partial charge in [0.05, 0.1) is 0 Å². The Morgan fingerprint density at radius 2 is 1.94 bits per heavy atom. The largest absolute Gasteiger partial charge is 0.329 e. The number of nitrogens with zero attached hydrogens (tertiary/aromatic N) is 2. The van der Waals surface area contributed by atoms with Crippen LogP contribution in [-0.2, 0) is 9.59 Å². The molecule has 1 aliphatic carbocycles. The van der Waals surface area contributed by atoms with Gasteiger partial charge in [0.2, 0.25) is 11.8 Å². The van der Waals surface area contributed by atoms with Crippen LogP contribution in [0, 0.1) is 5.41 Å². The van der Waals surface area contributed by atoms with Crippen molar-refractivity contribution in [1.29, 1.82) is 0 Å². The highest BCUT2D eigenvalue weighted by Crippen LogP contribution is 2.49. The number of hydrogen-bond donors (Lipinski definition) is 0. The molecule has 2 amide bonds. The van der Waals surface area contributed by atoms with Crippen molar-refractivity contribution in [2.24, 2.45) is 5.41 Å². The van der Waals surface area contributed by atoms with Crippen molar-refractivity contribution in [3.63, 3.8) is 0 Å². The zero-order valence-corrected chi connectivity index (χ0v) is 9.90. The molecule has 0 radical (unpaired) electrons. The van der Waals surface area contributed by atoms with Crippen LogP contribution in [0.4, 0.5) is 0 Å². The quantitative estimate of drug-likeness (QED) is 0.652. The maximum absolute atomic E-state index is 12.3. The van der Waals surface area contributed by atoms with Crippen molar-refractivity contribution in [2.75, 3.05) is 13.1 Å². The second-order valence-corrected chi connectivity index (χ2v) is 5.92. The van der Waals surface area contributed by atoms with Crippen molar-refractivity contribution in [3.05, 3.63) is 0 Å². The second kappa shape index (κ2) is 2.99. The van der Waals surface area contributed by atoms with E-state index in [-0.39, 0.29) is 23.3 Å². The molecular weight excluding hydrogens is 204 g/mol. The summed E-state index contributed by atoms with van der Waals surface area (Å²) in [4.78, 5) is 27.8. The number of hydrogen-bond acceptors (Lipinski definition) is 2. The highest BCUT2D eigenvalue weighted by Gasteiger charge is 2.55. The molecule has 2 heterocycles. The van der Waals surface area contributed by atoms with Crippen LogP contribution in [0.3, 0.4) is 0 Å². The number of amides is 2. The molecule has 2 atom stereocenters. The Morgan fingerprint density at radius 3 is 2.56 bits per heavy atom. The van der Waals surface area contributed by atoms with Gasteiger partial charge in [-0.1, -0.05) is 13.8 Å². The highest BCUT2D eigenvalue weighted by atomic mass is 16.2. The van der Waals surface area contributed by atoms with E-state index < -0.39 is 0 Å². The van der Waals surface area contributed by atoms with Gasteiger partial charge >= 0.3 is 0 Å². The SMILES string of the molecule is CC1(C)CC1N1CC(=O)N2CCCC2C1=O. The first-order chi connectivity index (χ1) is 7.50. The molecule has 4 nitrogen and oxygen atoms in total. The first kappa shape index (κ1) is 10.1. The van der Waals surface area contributed by atoms with Crippen molar-refractivity contribution in [2.45, 2.75) is 45.2 Å². The van der Waals surface area contributed by atoms with Crippen molar-refractivity contribution in [3.8, 4) is 0 Å². The maximum atomic E-state index is 12.3. The highest BCUT2D eigenvalue weighted by molar-refractivity contribution is 5.95. The van der Waals surface area contributed by atoms with Gasteiger partial charge in [-0.05, 0) is 24.7 Å².